The highest BCUT2D eigenvalue weighted by Gasteiger charge is 2.10. The van der Waals surface area contributed by atoms with Gasteiger partial charge >= 0.3 is 0 Å². The summed E-state index contributed by atoms with van der Waals surface area (Å²) < 4.78 is 0. The Morgan fingerprint density at radius 3 is 2.81 bits per heavy atom. The summed E-state index contributed by atoms with van der Waals surface area (Å²) >= 11 is 0. The second-order valence-electron chi connectivity index (χ2n) is 5.26. The number of carbonyl (C=O) groups is 1. The van der Waals surface area contributed by atoms with E-state index in [1.807, 2.05) is 37.4 Å². The SMILES string of the molecule is CC(CC(=O)NCCCc1ncc[nH]1)c1ccc(N)cc1. The maximum atomic E-state index is 11.9. The molecule has 2 rings (SSSR count). The van der Waals surface area contributed by atoms with Gasteiger partial charge in [0.05, 0.1) is 0 Å². The monoisotopic (exact) mass is 286 g/mol. The van der Waals surface area contributed by atoms with Crippen molar-refractivity contribution in [3.63, 3.8) is 0 Å². The van der Waals surface area contributed by atoms with E-state index in [4.69, 9.17) is 5.73 Å². The first kappa shape index (κ1) is 15.1. The molecule has 4 N–H and O–H groups in total. The first-order chi connectivity index (χ1) is 10.1. The molecule has 1 atom stereocenters. The van der Waals surface area contributed by atoms with Crippen LogP contribution in [0, 0.1) is 0 Å². The molecule has 0 fully saturated rings. The summed E-state index contributed by atoms with van der Waals surface area (Å²) in [6.45, 7) is 2.72. The van der Waals surface area contributed by atoms with Gasteiger partial charge in [-0.05, 0) is 30.0 Å². The van der Waals surface area contributed by atoms with Crippen LogP contribution in [-0.2, 0) is 11.2 Å². The zero-order valence-electron chi connectivity index (χ0n) is 12.3. The van der Waals surface area contributed by atoms with Crippen LogP contribution >= 0.6 is 0 Å². The summed E-state index contributed by atoms with van der Waals surface area (Å²) in [6, 6.07) is 7.69. The minimum atomic E-state index is 0.0822. The first-order valence-electron chi connectivity index (χ1n) is 7.25. The van der Waals surface area contributed by atoms with Crippen LogP contribution in [0.3, 0.4) is 0 Å². The van der Waals surface area contributed by atoms with Crippen LogP contribution < -0.4 is 11.1 Å². The first-order valence-corrected chi connectivity index (χ1v) is 7.25. The molecule has 21 heavy (non-hydrogen) atoms. The van der Waals surface area contributed by atoms with E-state index < -0.39 is 0 Å². The smallest absolute Gasteiger partial charge is 0.220 e. The van der Waals surface area contributed by atoms with Gasteiger partial charge in [-0.2, -0.15) is 0 Å². The molecule has 1 heterocycles. The Hall–Kier alpha value is -2.30. The number of aryl methyl sites for hydroxylation is 1. The summed E-state index contributed by atoms with van der Waals surface area (Å²) in [5.74, 6) is 1.23. The Labute approximate surface area is 125 Å². The number of benzene rings is 1. The maximum Gasteiger partial charge on any atom is 0.220 e. The average Bonchev–Trinajstić information content (AvgIpc) is 2.97. The van der Waals surface area contributed by atoms with Crippen molar-refractivity contribution in [3.8, 4) is 0 Å². The van der Waals surface area contributed by atoms with Crippen molar-refractivity contribution >= 4 is 11.6 Å². The number of aromatic amines is 1. The third-order valence-electron chi connectivity index (χ3n) is 3.46. The third-order valence-corrected chi connectivity index (χ3v) is 3.46. The van der Waals surface area contributed by atoms with Crippen LogP contribution in [0.15, 0.2) is 36.7 Å². The number of nitrogens with one attached hydrogen (secondary N) is 2. The summed E-state index contributed by atoms with van der Waals surface area (Å²) in [6.07, 6.45) is 5.77. The van der Waals surface area contributed by atoms with Gasteiger partial charge in [-0.1, -0.05) is 19.1 Å². The van der Waals surface area contributed by atoms with Crippen LogP contribution in [-0.4, -0.2) is 22.4 Å². The minimum absolute atomic E-state index is 0.0822. The van der Waals surface area contributed by atoms with Crippen molar-refractivity contribution in [2.75, 3.05) is 12.3 Å². The number of rotatable bonds is 7. The number of nitrogen functional groups attached to an aromatic ring is 1. The number of amides is 1. The fourth-order valence-corrected chi connectivity index (χ4v) is 2.21. The van der Waals surface area contributed by atoms with Crippen molar-refractivity contribution in [3.05, 3.63) is 48.0 Å². The van der Waals surface area contributed by atoms with Gasteiger partial charge in [0.2, 0.25) is 5.91 Å². The van der Waals surface area contributed by atoms with E-state index in [0.29, 0.717) is 13.0 Å². The van der Waals surface area contributed by atoms with Crippen LogP contribution in [0.2, 0.25) is 0 Å². The Kier molecular flexibility index (Phi) is 5.37. The fraction of sp³-hybridized carbons (Fsp3) is 0.375. The van der Waals surface area contributed by atoms with Crippen molar-refractivity contribution < 1.29 is 4.79 Å². The van der Waals surface area contributed by atoms with E-state index in [1.54, 1.807) is 6.20 Å². The lowest BCUT2D eigenvalue weighted by Crippen LogP contribution is -2.26. The number of anilines is 1. The van der Waals surface area contributed by atoms with E-state index in [-0.39, 0.29) is 11.8 Å². The highest BCUT2D eigenvalue weighted by atomic mass is 16.1. The van der Waals surface area contributed by atoms with Gasteiger partial charge in [0.15, 0.2) is 0 Å². The summed E-state index contributed by atoms with van der Waals surface area (Å²) in [4.78, 5) is 19.1. The number of nitrogens with two attached hydrogens (primary N) is 1. The Bertz CT molecular complexity index is 548. The number of hydrogen-bond donors (Lipinski definition) is 3. The number of nitrogens with zero attached hydrogens (tertiary/aromatic N) is 1. The molecule has 0 bridgehead atoms. The van der Waals surface area contributed by atoms with Gasteiger partial charge in [-0.15, -0.1) is 0 Å². The van der Waals surface area contributed by atoms with Crippen LogP contribution in [0.1, 0.15) is 37.1 Å². The molecule has 1 unspecified atom stereocenters. The normalized spacial score (nSPS) is 12.0. The molecule has 0 saturated carbocycles. The summed E-state index contributed by atoms with van der Waals surface area (Å²) in [5.41, 5.74) is 7.54. The quantitative estimate of drug-likeness (QED) is 0.539. The van der Waals surface area contributed by atoms with Gasteiger partial charge < -0.3 is 16.0 Å². The Morgan fingerprint density at radius 2 is 2.14 bits per heavy atom. The molecule has 0 spiro atoms. The lowest BCUT2D eigenvalue weighted by molar-refractivity contribution is -0.121. The average molecular weight is 286 g/mol. The minimum Gasteiger partial charge on any atom is -0.399 e. The highest BCUT2D eigenvalue weighted by Crippen LogP contribution is 2.19. The lowest BCUT2D eigenvalue weighted by Gasteiger charge is -2.12. The Morgan fingerprint density at radius 1 is 1.38 bits per heavy atom. The van der Waals surface area contributed by atoms with E-state index >= 15 is 0 Å². The molecule has 1 aromatic heterocycles. The van der Waals surface area contributed by atoms with E-state index in [1.165, 1.54) is 0 Å². The van der Waals surface area contributed by atoms with Crippen molar-refractivity contribution in [2.45, 2.75) is 32.1 Å². The van der Waals surface area contributed by atoms with Crippen LogP contribution in [0.4, 0.5) is 5.69 Å². The van der Waals surface area contributed by atoms with E-state index in [9.17, 15) is 4.79 Å². The number of aromatic nitrogens is 2. The van der Waals surface area contributed by atoms with Crippen LogP contribution in [0.5, 0.6) is 0 Å². The zero-order valence-corrected chi connectivity index (χ0v) is 12.3. The fourth-order valence-electron chi connectivity index (χ4n) is 2.21. The summed E-state index contributed by atoms with van der Waals surface area (Å²) in [5, 5.41) is 2.95. The van der Waals surface area contributed by atoms with Gasteiger partial charge in [-0.3, -0.25) is 4.79 Å². The maximum absolute atomic E-state index is 11.9. The second-order valence-corrected chi connectivity index (χ2v) is 5.26. The van der Waals surface area contributed by atoms with E-state index in [2.05, 4.69) is 15.3 Å². The molecule has 5 nitrogen and oxygen atoms in total. The number of hydrogen-bond acceptors (Lipinski definition) is 3. The molecule has 0 aliphatic heterocycles. The van der Waals surface area contributed by atoms with Gasteiger partial charge in [0, 0.05) is 37.5 Å². The van der Waals surface area contributed by atoms with Crippen LogP contribution in [0.25, 0.3) is 0 Å². The molecule has 0 radical (unpaired) electrons. The number of imidazole rings is 1. The number of carbonyl (C=O) groups excluding carboxylic acids is 1. The molecule has 0 aliphatic carbocycles. The number of H-pyrrole nitrogens is 1. The standard InChI is InChI=1S/C16H22N4O/c1-12(13-4-6-14(17)7-5-13)11-16(21)20-8-2-3-15-18-9-10-19-15/h4-7,9-10,12H,2-3,8,11,17H2,1H3,(H,18,19)(H,20,21). The third kappa shape index (κ3) is 4.95. The molecular weight excluding hydrogens is 264 g/mol. The molecule has 1 amide bonds. The van der Waals surface area contributed by atoms with Gasteiger partial charge in [-0.25, -0.2) is 4.98 Å². The second kappa shape index (κ2) is 7.47. The molecule has 0 aliphatic rings. The predicted octanol–water partition coefficient (Wildman–Crippen LogP) is 2.23. The summed E-state index contributed by atoms with van der Waals surface area (Å²) in [7, 11) is 0. The largest absolute Gasteiger partial charge is 0.399 e. The van der Waals surface area contributed by atoms with Crippen molar-refractivity contribution in [1.29, 1.82) is 0 Å². The van der Waals surface area contributed by atoms with Crippen molar-refractivity contribution in [1.82, 2.24) is 15.3 Å². The van der Waals surface area contributed by atoms with E-state index in [0.717, 1.165) is 29.9 Å². The predicted molar refractivity (Wildman–Crippen MR) is 83.8 cm³/mol. The molecule has 112 valence electrons. The molecule has 0 saturated heterocycles. The molecular formula is C16H22N4O. The van der Waals surface area contributed by atoms with Gasteiger partial charge in [0.25, 0.3) is 0 Å². The highest BCUT2D eigenvalue weighted by molar-refractivity contribution is 5.76. The van der Waals surface area contributed by atoms with Gasteiger partial charge in [0.1, 0.15) is 5.82 Å². The lowest BCUT2D eigenvalue weighted by atomic mass is 9.97. The molecule has 2 aromatic rings. The molecule has 1 aromatic carbocycles. The zero-order chi connectivity index (χ0) is 15.1. The van der Waals surface area contributed by atoms with Crippen molar-refractivity contribution in [2.24, 2.45) is 0 Å². The molecule has 5 heteroatoms. The Balaban J connectivity index is 1.67. The topological polar surface area (TPSA) is 83.8 Å².